The van der Waals surface area contributed by atoms with Gasteiger partial charge in [-0.25, -0.2) is 14.5 Å². The van der Waals surface area contributed by atoms with E-state index in [0.29, 0.717) is 16.4 Å². The number of hydrogen-bond donors (Lipinski definition) is 0. The van der Waals surface area contributed by atoms with Crippen molar-refractivity contribution in [3.8, 4) is 5.69 Å². The summed E-state index contributed by atoms with van der Waals surface area (Å²) in [6.07, 6.45) is 2.49. The number of halogens is 1. The predicted octanol–water partition coefficient (Wildman–Crippen LogP) is 1.93. The Labute approximate surface area is 153 Å². The number of aromatic nitrogens is 4. The maximum absolute atomic E-state index is 12.8. The van der Waals surface area contributed by atoms with Crippen LogP contribution in [0, 0.1) is 0 Å². The van der Waals surface area contributed by atoms with Gasteiger partial charge in [0.1, 0.15) is 11.7 Å². The number of fused-ring (bicyclic) bond motifs is 1. The Morgan fingerprint density at radius 1 is 1.35 bits per heavy atom. The summed E-state index contributed by atoms with van der Waals surface area (Å²) >= 11 is 5.99. The highest BCUT2D eigenvalue weighted by Crippen LogP contribution is 2.18. The van der Waals surface area contributed by atoms with Gasteiger partial charge in [-0.3, -0.25) is 14.2 Å². The van der Waals surface area contributed by atoms with Crippen LogP contribution in [-0.2, 0) is 14.3 Å². The van der Waals surface area contributed by atoms with Crippen LogP contribution in [0.3, 0.4) is 0 Å². The lowest BCUT2D eigenvalue weighted by Crippen LogP contribution is -2.35. The monoisotopic (exact) mass is 374 g/mol. The van der Waals surface area contributed by atoms with Gasteiger partial charge in [-0.1, -0.05) is 17.7 Å². The summed E-state index contributed by atoms with van der Waals surface area (Å²) in [5, 5.41) is 4.86. The van der Waals surface area contributed by atoms with Crippen LogP contribution >= 0.6 is 11.6 Å². The summed E-state index contributed by atoms with van der Waals surface area (Å²) in [6, 6.07) is 5.53. The van der Waals surface area contributed by atoms with Crippen molar-refractivity contribution in [2.45, 2.75) is 19.9 Å². The lowest BCUT2D eigenvalue weighted by molar-refractivity contribution is -0.150. The fraction of sp³-hybridized carbons (Fsp3) is 0.235. The molecule has 0 unspecified atom stereocenters. The molecule has 0 aliphatic heterocycles. The highest BCUT2D eigenvalue weighted by Gasteiger charge is 2.29. The largest absolute Gasteiger partial charge is 0.464 e. The van der Waals surface area contributed by atoms with Gasteiger partial charge in [0.2, 0.25) is 0 Å². The Kier molecular flexibility index (Phi) is 4.85. The fourth-order valence-electron chi connectivity index (χ4n) is 2.60. The topological polar surface area (TPSA) is 96.1 Å². The van der Waals surface area contributed by atoms with E-state index in [9.17, 15) is 14.4 Å². The first-order valence-electron chi connectivity index (χ1n) is 7.82. The van der Waals surface area contributed by atoms with Crippen LogP contribution in [0.15, 0.2) is 41.6 Å². The normalized spacial score (nSPS) is 12.1. The highest BCUT2D eigenvalue weighted by molar-refractivity contribution is 6.30. The molecule has 3 rings (SSSR count). The molecular weight excluding hydrogens is 360 g/mol. The van der Waals surface area contributed by atoms with Gasteiger partial charge in [-0.2, -0.15) is 5.10 Å². The lowest BCUT2D eigenvalue weighted by Gasteiger charge is -2.15. The summed E-state index contributed by atoms with van der Waals surface area (Å²) in [5.41, 5.74) is 0.363. The van der Waals surface area contributed by atoms with Crippen LogP contribution in [0.4, 0.5) is 0 Å². The number of hydrogen-bond acceptors (Lipinski definition) is 6. The SMILES string of the molecule is CCOC(=O)[C@H](C(C)=O)n1cnc2c(cnn2-c2cccc(Cl)c2)c1=O. The van der Waals surface area contributed by atoms with E-state index in [-0.39, 0.29) is 12.0 Å². The number of rotatable bonds is 5. The van der Waals surface area contributed by atoms with E-state index in [0.717, 1.165) is 10.9 Å². The molecule has 0 radical (unpaired) electrons. The summed E-state index contributed by atoms with van der Waals surface area (Å²) in [7, 11) is 0. The summed E-state index contributed by atoms with van der Waals surface area (Å²) < 4.78 is 7.32. The van der Waals surface area contributed by atoms with Crippen molar-refractivity contribution in [2.75, 3.05) is 6.61 Å². The van der Waals surface area contributed by atoms with Crippen molar-refractivity contribution in [2.24, 2.45) is 0 Å². The number of esters is 1. The average Bonchev–Trinajstić information content (AvgIpc) is 3.02. The van der Waals surface area contributed by atoms with Crippen molar-refractivity contribution in [1.82, 2.24) is 19.3 Å². The van der Waals surface area contributed by atoms with Crippen molar-refractivity contribution < 1.29 is 14.3 Å². The molecule has 26 heavy (non-hydrogen) atoms. The van der Waals surface area contributed by atoms with Gasteiger partial charge in [0.15, 0.2) is 17.5 Å². The van der Waals surface area contributed by atoms with E-state index in [1.807, 2.05) is 0 Å². The number of nitrogens with zero attached hydrogens (tertiary/aromatic N) is 4. The van der Waals surface area contributed by atoms with E-state index in [1.165, 1.54) is 17.8 Å². The second-order valence-electron chi connectivity index (χ2n) is 5.50. The number of ketones is 1. The van der Waals surface area contributed by atoms with Gasteiger partial charge >= 0.3 is 5.97 Å². The number of ether oxygens (including phenoxy) is 1. The highest BCUT2D eigenvalue weighted by atomic mass is 35.5. The second kappa shape index (κ2) is 7.09. The summed E-state index contributed by atoms with van der Waals surface area (Å²) in [5.74, 6) is -1.32. The molecule has 0 bridgehead atoms. The van der Waals surface area contributed by atoms with Gasteiger partial charge in [0.25, 0.3) is 5.56 Å². The van der Waals surface area contributed by atoms with Crippen LogP contribution in [0.5, 0.6) is 0 Å². The molecule has 0 aliphatic rings. The van der Waals surface area contributed by atoms with E-state index in [2.05, 4.69) is 10.1 Å². The molecule has 3 aromatic rings. The molecule has 1 aromatic carbocycles. The average molecular weight is 375 g/mol. The molecule has 0 saturated heterocycles. The van der Waals surface area contributed by atoms with Gasteiger partial charge in [0.05, 0.1) is 18.5 Å². The van der Waals surface area contributed by atoms with Crippen molar-refractivity contribution in [3.05, 3.63) is 52.2 Å². The Hall–Kier alpha value is -3.00. The molecule has 2 aromatic heterocycles. The first kappa shape index (κ1) is 17.8. The molecule has 8 nitrogen and oxygen atoms in total. The minimum absolute atomic E-state index is 0.0970. The van der Waals surface area contributed by atoms with Gasteiger partial charge in [-0.15, -0.1) is 0 Å². The second-order valence-corrected chi connectivity index (χ2v) is 5.93. The molecule has 0 aliphatic carbocycles. The smallest absolute Gasteiger partial charge is 0.337 e. The molecule has 0 fully saturated rings. The van der Waals surface area contributed by atoms with Crippen LogP contribution in [0.2, 0.25) is 5.02 Å². The Morgan fingerprint density at radius 2 is 2.12 bits per heavy atom. The van der Waals surface area contributed by atoms with E-state index in [1.54, 1.807) is 31.2 Å². The molecule has 0 saturated carbocycles. The van der Waals surface area contributed by atoms with Gasteiger partial charge in [0, 0.05) is 5.02 Å². The quantitative estimate of drug-likeness (QED) is 0.500. The third kappa shape index (κ3) is 3.11. The number of carbonyl (C=O) groups is 2. The van der Waals surface area contributed by atoms with Crippen molar-refractivity contribution in [3.63, 3.8) is 0 Å². The van der Waals surface area contributed by atoms with Crippen molar-refractivity contribution in [1.29, 1.82) is 0 Å². The van der Waals surface area contributed by atoms with E-state index < -0.39 is 23.4 Å². The molecule has 0 N–H and O–H groups in total. The van der Waals surface area contributed by atoms with Crippen LogP contribution in [0.25, 0.3) is 16.7 Å². The number of benzene rings is 1. The number of Topliss-reactive ketones (excluding diaryl/α,β-unsaturated/α-hetero) is 1. The molecule has 134 valence electrons. The predicted molar refractivity (Wildman–Crippen MR) is 94.5 cm³/mol. The van der Waals surface area contributed by atoms with Crippen LogP contribution < -0.4 is 5.56 Å². The maximum atomic E-state index is 12.8. The first-order valence-corrected chi connectivity index (χ1v) is 8.19. The van der Waals surface area contributed by atoms with Crippen LogP contribution in [0.1, 0.15) is 19.9 Å². The van der Waals surface area contributed by atoms with Gasteiger partial charge in [-0.05, 0) is 32.0 Å². The molecule has 0 spiro atoms. The fourth-order valence-corrected chi connectivity index (χ4v) is 2.79. The minimum atomic E-state index is -1.38. The summed E-state index contributed by atoms with van der Waals surface area (Å²) in [4.78, 5) is 41.0. The standard InChI is InChI=1S/C17H15ClN4O4/c1-3-26-17(25)14(10(2)23)21-9-19-15-13(16(21)24)8-20-22(15)12-6-4-5-11(18)7-12/h4-9,14H,3H2,1-2H3/t14-/m0/s1. The van der Waals surface area contributed by atoms with Crippen molar-refractivity contribution >= 4 is 34.4 Å². The first-order chi connectivity index (χ1) is 12.4. The Morgan fingerprint density at radius 3 is 2.77 bits per heavy atom. The van der Waals surface area contributed by atoms with E-state index >= 15 is 0 Å². The lowest BCUT2D eigenvalue weighted by atomic mass is 10.2. The van der Waals surface area contributed by atoms with E-state index in [4.69, 9.17) is 16.3 Å². The maximum Gasteiger partial charge on any atom is 0.337 e. The Balaban J connectivity index is 2.14. The van der Waals surface area contributed by atoms with Crippen LogP contribution in [-0.4, -0.2) is 37.7 Å². The molecular formula is C17H15ClN4O4. The summed E-state index contributed by atoms with van der Waals surface area (Å²) in [6.45, 7) is 2.93. The zero-order valence-corrected chi connectivity index (χ0v) is 14.8. The Bertz CT molecular complexity index is 1060. The van der Waals surface area contributed by atoms with Gasteiger partial charge < -0.3 is 4.74 Å². The molecule has 1 atom stereocenters. The minimum Gasteiger partial charge on any atom is -0.464 e. The molecule has 9 heteroatoms. The third-order valence-electron chi connectivity index (χ3n) is 3.74. The molecule has 0 amide bonds. The number of carbonyl (C=O) groups excluding carboxylic acids is 2. The zero-order chi connectivity index (χ0) is 18.8. The third-order valence-corrected chi connectivity index (χ3v) is 3.97. The molecule has 2 heterocycles. The zero-order valence-electron chi connectivity index (χ0n) is 14.0.